The van der Waals surface area contributed by atoms with Gasteiger partial charge in [-0.3, -0.25) is 0 Å². The van der Waals surface area contributed by atoms with Gasteiger partial charge >= 0.3 is 0 Å². The quantitative estimate of drug-likeness (QED) is 0.268. The maximum atomic E-state index is 10.0. The van der Waals surface area contributed by atoms with E-state index in [2.05, 4.69) is 88.8 Å². The Morgan fingerprint density at radius 3 is 1.32 bits per heavy atom. The van der Waals surface area contributed by atoms with E-state index in [0.717, 1.165) is 0 Å². The third-order valence-electron chi connectivity index (χ3n) is 7.32. The number of aliphatic hydroxyl groups is 2. The molecule has 28 heavy (non-hydrogen) atoms. The van der Waals surface area contributed by atoms with E-state index < -0.39 is 22.3 Å². The minimum Gasteiger partial charge on any atom is -0.501 e. The molecule has 0 fully saturated rings. The number of ether oxygens (including phenoxy) is 1. The van der Waals surface area contributed by atoms with Crippen LogP contribution in [0.15, 0.2) is 11.1 Å². The molecule has 0 bridgehead atoms. The Balaban J connectivity index is 6.87. The zero-order chi connectivity index (χ0) is 22.4. The van der Waals surface area contributed by atoms with Gasteiger partial charge in [-0.15, -0.1) is 0 Å². The summed E-state index contributed by atoms with van der Waals surface area (Å²) in [5, 5.41) is 20.6. The van der Waals surface area contributed by atoms with Crippen LogP contribution in [-0.2, 0) is 4.74 Å². The second-order valence-electron chi connectivity index (χ2n) is 10.5. The third kappa shape index (κ3) is 5.52. The summed E-state index contributed by atoms with van der Waals surface area (Å²) in [5.74, 6) is 0. The molecule has 0 aliphatic heterocycles. The lowest BCUT2D eigenvalue weighted by molar-refractivity contribution is 0.0342. The molecule has 0 amide bonds. The Morgan fingerprint density at radius 1 is 0.714 bits per heavy atom. The fourth-order valence-electron chi connectivity index (χ4n) is 6.11. The Kier molecular flexibility index (Phi) is 11.3. The van der Waals surface area contributed by atoms with Crippen LogP contribution in [0.3, 0.4) is 0 Å². The molecule has 0 saturated carbocycles. The fraction of sp³-hybridized carbons (Fsp3) is 0.913. The van der Waals surface area contributed by atoms with Crippen LogP contribution in [0.4, 0.5) is 0 Å². The van der Waals surface area contributed by atoms with Crippen LogP contribution in [0, 0.1) is 0 Å². The van der Waals surface area contributed by atoms with Crippen LogP contribution in [0.25, 0.3) is 0 Å². The van der Waals surface area contributed by atoms with Crippen molar-refractivity contribution in [1.82, 2.24) is 0 Å². The average molecular weight is 431 g/mol. The predicted octanol–water partition coefficient (Wildman–Crippen LogP) is 6.68. The highest BCUT2D eigenvalue weighted by Crippen LogP contribution is 2.50. The molecule has 0 aliphatic carbocycles. The van der Waals surface area contributed by atoms with Gasteiger partial charge in [0.15, 0.2) is 0 Å². The van der Waals surface area contributed by atoms with Gasteiger partial charge in [0.25, 0.3) is 0 Å². The van der Waals surface area contributed by atoms with Crippen LogP contribution in [0.2, 0.25) is 33.2 Å². The molecule has 0 heterocycles. The molecule has 0 rings (SSSR count). The van der Waals surface area contributed by atoms with Crippen LogP contribution in [0.5, 0.6) is 0 Å². The first-order chi connectivity index (χ1) is 12.7. The molecule has 3 nitrogen and oxygen atoms in total. The van der Waals surface area contributed by atoms with Crippen molar-refractivity contribution in [3.63, 3.8) is 0 Å². The first-order valence-electron chi connectivity index (χ1n) is 11.4. The average Bonchev–Trinajstić information content (AvgIpc) is 2.54. The molecule has 0 spiro atoms. The van der Waals surface area contributed by atoms with Crippen molar-refractivity contribution in [2.75, 3.05) is 13.2 Å². The largest absolute Gasteiger partial charge is 0.501 e. The molecule has 0 aromatic rings. The Labute approximate surface area is 178 Å². The molecule has 0 saturated heterocycles. The van der Waals surface area contributed by atoms with E-state index in [0.29, 0.717) is 33.2 Å². The Hall–Kier alpha value is -0.106. The minimum absolute atomic E-state index is 0.183. The van der Waals surface area contributed by atoms with Gasteiger partial charge in [0.1, 0.15) is 20.8 Å². The molecule has 0 radical (unpaired) electrons. The molecule has 168 valence electrons. The van der Waals surface area contributed by atoms with E-state index >= 15 is 0 Å². The SMILES string of the molecule is CC(C)[Si](C=C(OCC(O)CO)[Si](C(C)C)(C(C)C)C(C)C)(C(C)C)C(C)C. The van der Waals surface area contributed by atoms with Gasteiger partial charge in [-0.1, -0.05) is 88.8 Å². The van der Waals surface area contributed by atoms with E-state index in [4.69, 9.17) is 4.74 Å². The Bertz CT molecular complexity index is 439. The second kappa shape index (κ2) is 11.3. The summed E-state index contributed by atoms with van der Waals surface area (Å²) < 4.78 is 6.50. The summed E-state index contributed by atoms with van der Waals surface area (Å²) in [7, 11) is -3.82. The van der Waals surface area contributed by atoms with Crippen molar-refractivity contribution >= 4 is 16.1 Å². The van der Waals surface area contributed by atoms with Crippen LogP contribution in [-0.4, -0.2) is 45.7 Å². The molecule has 0 aliphatic rings. The predicted molar refractivity (Wildman–Crippen MR) is 129 cm³/mol. The molecular weight excluding hydrogens is 380 g/mol. The highest BCUT2D eigenvalue weighted by atomic mass is 28.3. The summed E-state index contributed by atoms with van der Waals surface area (Å²) in [5.41, 5.74) is 6.10. The van der Waals surface area contributed by atoms with Gasteiger partial charge in [0.2, 0.25) is 0 Å². The van der Waals surface area contributed by atoms with Gasteiger partial charge < -0.3 is 14.9 Å². The highest BCUT2D eigenvalue weighted by Gasteiger charge is 2.51. The van der Waals surface area contributed by atoms with E-state index in [1.807, 2.05) is 0 Å². The van der Waals surface area contributed by atoms with Gasteiger partial charge in [0, 0.05) is 0 Å². The van der Waals surface area contributed by atoms with Crippen LogP contribution < -0.4 is 0 Å². The number of aliphatic hydroxyl groups excluding tert-OH is 2. The fourth-order valence-corrected chi connectivity index (χ4v) is 19.4. The van der Waals surface area contributed by atoms with Gasteiger partial charge in [-0.25, -0.2) is 0 Å². The van der Waals surface area contributed by atoms with Crippen molar-refractivity contribution in [3.8, 4) is 0 Å². The van der Waals surface area contributed by atoms with Crippen molar-refractivity contribution in [3.05, 3.63) is 11.1 Å². The monoisotopic (exact) mass is 430 g/mol. The lowest BCUT2D eigenvalue weighted by Gasteiger charge is -2.47. The number of rotatable bonds is 12. The van der Waals surface area contributed by atoms with E-state index in [1.165, 1.54) is 5.38 Å². The first-order valence-corrected chi connectivity index (χ1v) is 15.9. The topological polar surface area (TPSA) is 49.7 Å². The molecule has 1 atom stereocenters. The first kappa shape index (κ1) is 27.9. The number of hydrogen-bond donors (Lipinski definition) is 2. The smallest absolute Gasteiger partial charge is 0.138 e. The lowest BCUT2D eigenvalue weighted by Crippen LogP contribution is -2.51. The Morgan fingerprint density at radius 2 is 1.07 bits per heavy atom. The molecule has 2 N–H and O–H groups in total. The zero-order valence-corrected chi connectivity index (χ0v) is 22.8. The van der Waals surface area contributed by atoms with Crippen molar-refractivity contribution in [2.45, 2.75) is 122 Å². The lowest BCUT2D eigenvalue weighted by atomic mass is 10.4. The molecular formula is C23H50O3Si2. The van der Waals surface area contributed by atoms with Crippen molar-refractivity contribution in [2.24, 2.45) is 0 Å². The van der Waals surface area contributed by atoms with Gasteiger partial charge in [-0.2, -0.15) is 0 Å². The maximum Gasteiger partial charge on any atom is 0.138 e. The summed E-state index contributed by atoms with van der Waals surface area (Å²) >= 11 is 0. The summed E-state index contributed by atoms with van der Waals surface area (Å²) in [6.45, 7) is 28.4. The summed E-state index contributed by atoms with van der Waals surface area (Å²) in [6.07, 6.45) is -0.824. The van der Waals surface area contributed by atoms with Crippen LogP contribution in [0.1, 0.15) is 83.1 Å². The van der Waals surface area contributed by atoms with Crippen molar-refractivity contribution in [1.29, 1.82) is 0 Å². The minimum atomic E-state index is -2.00. The summed E-state index contributed by atoms with van der Waals surface area (Å²) in [6, 6.07) is 0. The van der Waals surface area contributed by atoms with E-state index in [-0.39, 0.29) is 13.2 Å². The zero-order valence-electron chi connectivity index (χ0n) is 20.8. The van der Waals surface area contributed by atoms with Crippen LogP contribution >= 0.6 is 0 Å². The van der Waals surface area contributed by atoms with Gasteiger partial charge in [0.05, 0.1) is 20.1 Å². The number of hydrogen-bond acceptors (Lipinski definition) is 3. The third-order valence-corrected chi connectivity index (χ3v) is 21.2. The van der Waals surface area contributed by atoms with Gasteiger partial charge in [-0.05, 0) is 33.2 Å². The normalized spacial score (nSPS) is 15.6. The summed E-state index contributed by atoms with van der Waals surface area (Å²) in [4.78, 5) is 0. The molecule has 0 aromatic carbocycles. The molecule has 5 heteroatoms. The maximum absolute atomic E-state index is 10.0. The van der Waals surface area contributed by atoms with E-state index in [9.17, 15) is 10.2 Å². The highest BCUT2D eigenvalue weighted by molar-refractivity contribution is 6.94. The van der Waals surface area contributed by atoms with Crippen molar-refractivity contribution < 1.29 is 14.9 Å². The second-order valence-corrected chi connectivity index (χ2v) is 22.1. The van der Waals surface area contributed by atoms with E-state index in [1.54, 1.807) is 0 Å². The molecule has 0 aromatic heterocycles. The standard InChI is InChI=1S/C23H50O3Si2/c1-16(2)27(17(3)4,18(5)6)15-23(26-14-22(25)13-24)28(19(7)8,20(9)10)21(11)12/h15-22,24-25H,13-14H2,1-12H3. The molecule has 1 unspecified atom stereocenters.